The number of likely N-dealkylation sites (tertiary alicyclic amines) is 1. The second-order valence-corrected chi connectivity index (χ2v) is 10.8. The molecule has 2 fully saturated rings. The summed E-state index contributed by atoms with van der Waals surface area (Å²) < 4.78 is 94.4. The van der Waals surface area contributed by atoms with E-state index in [0.717, 1.165) is 32.1 Å². The van der Waals surface area contributed by atoms with E-state index in [0.29, 0.717) is 24.9 Å². The van der Waals surface area contributed by atoms with Gasteiger partial charge < -0.3 is 4.90 Å². The van der Waals surface area contributed by atoms with E-state index in [2.05, 4.69) is 31.9 Å². The molecule has 1 saturated carbocycles. The monoisotopic (exact) mass is 607 g/mol. The Balaban J connectivity index is 1.71. The molecule has 1 aromatic rings. The van der Waals surface area contributed by atoms with Crippen molar-refractivity contribution in [3.05, 3.63) is 31.7 Å². The first-order chi connectivity index (χ1) is 15.3. The van der Waals surface area contributed by atoms with Crippen LogP contribution in [0.2, 0.25) is 0 Å². The van der Waals surface area contributed by atoms with Crippen molar-refractivity contribution in [1.82, 2.24) is 4.90 Å². The molecule has 2 aliphatic carbocycles. The molecule has 2 nitrogen and oxygen atoms in total. The summed E-state index contributed by atoms with van der Waals surface area (Å²) in [5.74, 6) is -0.142. The van der Waals surface area contributed by atoms with Crippen molar-refractivity contribution in [3.63, 3.8) is 0 Å². The van der Waals surface area contributed by atoms with Gasteiger partial charge in [-0.05, 0) is 49.3 Å². The molecule has 1 heterocycles. The zero-order valence-corrected chi connectivity index (χ0v) is 20.6. The Hall–Kier alpha value is -0.840. The summed E-state index contributed by atoms with van der Waals surface area (Å²) in [6.07, 6.45) is -6.45. The van der Waals surface area contributed by atoms with E-state index in [-0.39, 0.29) is 35.8 Å². The van der Waals surface area contributed by atoms with Crippen molar-refractivity contribution >= 4 is 37.8 Å². The van der Waals surface area contributed by atoms with Gasteiger partial charge in [-0.15, -0.1) is 0 Å². The molecule has 33 heavy (non-hydrogen) atoms. The summed E-state index contributed by atoms with van der Waals surface area (Å²) in [5.41, 5.74) is -6.22. The van der Waals surface area contributed by atoms with Crippen LogP contribution in [0.3, 0.4) is 0 Å². The lowest BCUT2D eigenvalue weighted by Crippen LogP contribution is -2.51. The number of hydrogen-bond donors (Lipinski definition) is 0. The van der Waals surface area contributed by atoms with Crippen molar-refractivity contribution in [3.8, 4) is 0 Å². The summed E-state index contributed by atoms with van der Waals surface area (Å²) in [4.78, 5) is 15.0. The lowest BCUT2D eigenvalue weighted by atomic mass is 9.77. The minimum atomic E-state index is -6.20. The molecule has 1 saturated heterocycles. The van der Waals surface area contributed by atoms with Gasteiger partial charge in [-0.2, -0.15) is 26.3 Å². The molecule has 2 atom stereocenters. The van der Waals surface area contributed by atoms with Crippen molar-refractivity contribution in [2.75, 3.05) is 6.54 Å². The standard InChI is InChI=1S/C22H22Br2F7NO/c23-15-10-14-12-8-9-32(19(33)11-4-2-1-3-5-11)16(12)7-6-13(14)18(24)17(15)20(25,21(26,27)28)22(29,30)31/h10-12,16H,1-9H2. The lowest BCUT2D eigenvalue weighted by molar-refractivity contribution is -0.349. The average Bonchev–Trinajstić information content (AvgIpc) is 3.16. The maximum absolute atomic E-state index is 14.9. The van der Waals surface area contributed by atoms with Crippen molar-refractivity contribution in [1.29, 1.82) is 0 Å². The summed E-state index contributed by atoms with van der Waals surface area (Å²) in [6.45, 7) is 0.499. The van der Waals surface area contributed by atoms with Crippen LogP contribution < -0.4 is 0 Å². The van der Waals surface area contributed by atoms with Crippen LogP contribution in [0.5, 0.6) is 0 Å². The van der Waals surface area contributed by atoms with Crippen LogP contribution in [-0.4, -0.2) is 35.7 Å². The smallest absolute Gasteiger partial charge is 0.339 e. The molecule has 2 unspecified atom stereocenters. The quantitative estimate of drug-likeness (QED) is 0.315. The first-order valence-electron chi connectivity index (χ1n) is 10.9. The fourth-order valence-electron chi connectivity index (χ4n) is 5.75. The normalized spacial score (nSPS) is 24.6. The lowest BCUT2D eigenvalue weighted by Gasteiger charge is -2.38. The van der Waals surface area contributed by atoms with Crippen LogP contribution in [0.1, 0.15) is 67.6 Å². The first-order valence-corrected chi connectivity index (χ1v) is 12.5. The molecule has 11 heteroatoms. The van der Waals surface area contributed by atoms with E-state index < -0.39 is 32.5 Å². The van der Waals surface area contributed by atoms with Gasteiger partial charge in [0.25, 0.3) is 0 Å². The molecule has 184 valence electrons. The fraction of sp³-hybridized carbons (Fsp3) is 0.682. The number of nitrogens with zero attached hydrogens (tertiary/aromatic N) is 1. The Morgan fingerprint density at radius 3 is 2.09 bits per heavy atom. The Kier molecular flexibility index (Phi) is 6.64. The third-order valence-electron chi connectivity index (χ3n) is 7.35. The third-order valence-corrected chi connectivity index (χ3v) is 8.85. The molecular formula is C22H22Br2F7NO. The van der Waals surface area contributed by atoms with E-state index in [4.69, 9.17) is 0 Å². The zero-order valence-electron chi connectivity index (χ0n) is 17.4. The van der Waals surface area contributed by atoms with Gasteiger partial charge in [-0.3, -0.25) is 4.79 Å². The number of carbonyl (C=O) groups is 1. The van der Waals surface area contributed by atoms with E-state index >= 15 is 0 Å². The van der Waals surface area contributed by atoms with Crippen molar-refractivity contribution in [2.45, 2.75) is 81.3 Å². The number of alkyl halides is 7. The Labute approximate surface area is 203 Å². The number of fused-ring (bicyclic) bond motifs is 3. The molecule has 4 rings (SSSR count). The van der Waals surface area contributed by atoms with Gasteiger partial charge >= 0.3 is 18.0 Å². The minimum Gasteiger partial charge on any atom is -0.339 e. The highest BCUT2D eigenvalue weighted by molar-refractivity contribution is 9.11. The van der Waals surface area contributed by atoms with E-state index in [9.17, 15) is 35.5 Å². The number of rotatable bonds is 2. The number of amides is 1. The van der Waals surface area contributed by atoms with Crippen LogP contribution in [-0.2, 0) is 16.9 Å². The molecule has 0 N–H and O–H groups in total. The summed E-state index contributed by atoms with van der Waals surface area (Å²) in [7, 11) is 0. The van der Waals surface area contributed by atoms with Crippen LogP contribution in [0, 0.1) is 5.92 Å². The average molecular weight is 609 g/mol. The third kappa shape index (κ3) is 4.02. The second-order valence-electron chi connectivity index (χ2n) is 9.14. The SMILES string of the molecule is O=C(C1CCCCC1)N1CCC2c3cc(Br)c(C(F)(C(F)(F)F)C(F)(F)F)c(Br)c3CCC21. The van der Waals surface area contributed by atoms with Crippen LogP contribution in [0.4, 0.5) is 30.7 Å². The topological polar surface area (TPSA) is 20.3 Å². The molecule has 1 amide bonds. The van der Waals surface area contributed by atoms with Gasteiger partial charge in [0.2, 0.25) is 5.91 Å². The zero-order chi connectivity index (χ0) is 24.3. The van der Waals surface area contributed by atoms with E-state index in [1.165, 1.54) is 6.07 Å². The summed E-state index contributed by atoms with van der Waals surface area (Å²) in [5, 5.41) is 0. The number of halogens is 9. The fourth-order valence-corrected chi connectivity index (χ4v) is 7.64. The van der Waals surface area contributed by atoms with Crippen LogP contribution in [0.25, 0.3) is 0 Å². The number of carbonyl (C=O) groups excluding carboxylic acids is 1. The van der Waals surface area contributed by atoms with Crippen molar-refractivity contribution < 1.29 is 35.5 Å². The predicted octanol–water partition coefficient (Wildman–Crippen LogP) is 7.71. The van der Waals surface area contributed by atoms with Gasteiger partial charge in [0.15, 0.2) is 0 Å². The molecule has 0 spiro atoms. The number of hydrogen-bond acceptors (Lipinski definition) is 1. The van der Waals surface area contributed by atoms with Crippen molar-refractivity contribution in [2.24, 2.45) is 5.92 Å². The largest absolute Gasteiger partial charge is 0.436 e. The maximum atomic E-state index is 14.9. The molecule has 0 bridgehead atoms. The van der Waals surface area contributed by atoms with Gasteiger partial charge in [0.1, 0.15) is 0 Å². The molecule has 1 aliphatic heterocycles. The van der Waals surface area contributed by atoms with Gasteiger partial charge in [0.05, 0.1) is 0 Å². The highest BCUT2D eigenvalue weighted by atomic mass is 79.9. The van der Waals surface area contributed by atoms with Gasteiger partial charge in [0, 0.05) is 38.9 Å². The summed E-state index contributed by atoms with van der Waals surface area (Å²) in [6, 6.07) is 1.03. The molecule has 3 aliphatic rings. The highest BCUT2D eigenvalue weighted by Gasteiger charge is 2.74. The Morgan fingerprint density at radius 1 is 0.909 bits per heavy atom. The minimum absolute atomic E-state index is 0.0227. The second kappa shape index (κ2) is 8.68. The Bertz CT molecular complexity index is 926. The van der Waals surface area contributed by atoms with E-state index in [1.807, 2.05) is 4.90 Å². The summed E-state index contributed by atoms with van der Waals surface area (Å²) >= 11 is 5.69. The van der Waals surface area contributed by atoms with Crippen LogP contribution in [0.15, 0.2) is 15.0 Å². The van der Waals surface area contributed by atoms with E-state index in [1.54, 1.807) is 0 Å². The Morgan fingerprint density at radius 2 is 1.52 bits per heavy atom. The molecule has 0 aromatic heterocycles. The highest BCUT2D eigenvalue weighted by Crippen LogP contribution is 2.58. The molecular weight excluding hydrogens is 587 g/mol. The van der Waals surface area contributed by atoms with Gasteiger partial charge in [-0.25, -0.2) is 4.39 Å². The number of benzene rings is 1. The van der Waals surface area contributed by atoms with Gasteiger partial charge in [-0.1, -0.05) is 51.1 Å². The molecule has 0 radical (unpaired) electrons. The van der Waals surface area contributed by atoms with Crippen LogP contribution >= 0.6 is 31.9 Å². The maximum Gasteiger partial charge on any atom is 0.436 e. The predicted molar refractivity (Wildman–Crippen MR) is 114 cm³/mol. The first kappa shape index (κ1) is 25.3. The molecule has 1 aromatic carbocycles.